The number of rotatable bonds is 7. The second kappa shape index (κ2) is 9.69. The number of amides is 1. The number of likely N-dealkylation sites (tertiary alicyclic amines) is 1. The molecule has 0 saturated carbocycles. The SMILES string of the molecule is CN(Cc1cncn1Cc1ccc(C#N)cc1)C1CCN(Cc2cccc(C(F)(F)F)c2)C1=O. The second-order valence-electron chi connectivity index (χ2n) is 8.50. The van der Waals surface area contributed by atoms with Gasteiger partial charge < -0.3 is 9.47 Å². The zero-order chi connectivity index (χ0) is 24.3. The minimum Gasteiger partial charge on any atom is -0.337 e. The Morgan fingerprint density at radius 1 is 1.15 bits per heavy atom. The average Bonchev–Trinajstić information content (AvgIpc) is 3.40. The van der Waals surface area contributed by atoms with Crippen LogP contribution in [0.3, 0.4) is 0 Å². The molecular weight excluding hydrogens is 443 g/mol. The van der Waals surface area contributed by atoms with Crippen LogP contribution >= 0.6 is 0 Å². The monoisotopic (exact) mass is 467 g/mol. The summed E-state index contributed by atoms with van der Waals surface area (Å²) in [6.07, 6.45) is -0.301. The summed E-state index contributed by atoms with van der Waals surface area (Å²) in [6, 6.07) is 14.2. The van der Waals surface area contributed by atoms with Crippen LogP contribution in [0.5, 0.6) is 0 Å². The molecule has 9 heteroatoms. The van der Waals surface area contributed by atoms with Gasteiger partial charge in [-0.25, -0.2) is 4.98 Å². The molecule has 1 saturated heterocycles. The maximum Gasteiger partial charge on any atom is 0.416 e. The molecule has 1 atom stereocenters. The van der Waals surface area contributed by atoms with Crippen molar-refractivity contribution >= 4 is 5.91 Å². The molecule has 1 amide bonds. The summed E-state index contributed by atoms with van der Waals surface area (Å²) in [4.78, 5) is 20.8. The van der Waals surface area contributed by atoms with Crippen LogP contribution in [0.15, 0.2) is 61.1 Å². The summed E-state index contributed by atoms with van der Waals surface area (Å²) in [7, 11) is 1.87. The highest BCUT2D eigenvalue weighted by molar-refractivity contribution is 5.84. The van der Waals surface area contributed by atoms with Crippen molar-refractivity contribution in [1.29, 1.82) is 5.26 Å². The largest absolute Gasteiger partial charge is 0.416 e. The molecule has 0 bridgehead atoms. The first-order valence-electron chi connectivity index (χ1n) is 10.9. The van der Waals surface area contributed by atoms with Gasteiger partial charge in [-0.1, -0.05) is 24.3 Å². The minimum absolute atomic E-state index is 0.0851. The van der Waals surface area contributed by atoms with Gasteiger partial charge in [-0.3, -0.25) is 9.69 Å². The molecule has 1 aliphatic rings. The molecule has 2 heterocycles. The van der Waals surface area contributed by atoms with Crippen LogP contribution in [0.25, 0.3) is 0 Å². The van der Waals surface area contributed by atoms with Gasteiger partial charge in [-0.05, 0) is 48.9 Å². The summed E-state index contributed by atoms with van der Waals surface area (Å²) >= 11 is 0. The summed E-state index contributed by atoms with van der Waals surface area (Å²) in [6.45, 7) is 1.75. The van der Waals surface area contributed by atoms with Crippen molar-refractivity contribution in [3.8, 4) is 6.07 Å². The molecule has 1 aromatic heterocycles. The molecule has 0 aliphatic carbocycles. The third kappa shape index (κ3) is 5.29. The van der Waals surface area contributed by atoms with E-state index in [2.05, 4.69) is 11.1 Å². The fraction of sp³-hybridized carbons (Fsp3) is 0.320. The Labute approximate surface area is 195 Å². The van der Waals surface area contributed by atoms with Crippen LogP contribution in [0.2, 0.25) is 0 Å². The molecule has 1 unspecified atom stereocenters. The molecule has 0 spiro atoms. The van der Waals surface area contributed by atoms with E-state index in [1.165, 1.54) is 6.07 Å². The Kier molecular flexibility index (Phi) is 6.70. The third-order valence-electron chi connectivity index (χ3n) is 6.07. The predicted octanol–water partition coefficient (Wildman–Crippen LogP) is 4.05. The van der Waals surface area contributed by atoms with Crippen LogP contribution in [-0.4, -0.2) is 44.9 Å². The van der Waals surface area contributed by atoms with E-state index in [1.807, 2.05) is 28.6 Å². The number of halogens is 3. The molecule has 0 N–H and O–H groups in total. The Morgan fingerprint density at radius 2 is 1.91 bits per heavy atom. The maximum atomic E-state index is 13.0. The second-order valence-corrected chi connectivity index (χ2v) is 8.50. The fourth-order valence-electron chi connectivity index (χ4n) is 4.22. The molecule has 3 aromatic rings. The van der Waals surface area contributed by atoms with E-state index in [9.17, 15) is 18.0 Å². The minimum atomic E-state index is -4.41. The van der Waals surface area contributed by atoms with Gasteiger partial charge in [0.05, 0.1) is 35.3 Å². The van der Waals surface area contributed by atoms with Gasteiger partial charge in [-0.2, -0.15) is 18.4 Å². The van der Waals surface area contributed by atoms with Gasteiger partial charge in [0.1, 0.15) is 0 Å². The lowest BCUT2D eigenvalue weighted by Gasteiger charge is -2.24. The number of alkyl halides is 3. The summed E-state index contributed by atoms with van der Waals surface area (Å²) in [5, 5.41) is 8.95. The zero-order valence-corrected chi connectivity index (χ0v) is 18.7. The van der Waals surface area contributed by atoms with Crippen LogP contribution in [-0.2, 0) is 30.6 Å². The topological polar surface area (TPSA) is 65.2 Å². The van der Waals surface area contributed by atoms with Gasteiger partial charge in [0, 0.05) is 32.4 Å². The van der Waals surface area contributed by atoms with Crippen LogP contribution in [0, 0.1) is 11.3 Å². The first kappa shape index (κ1) is 23.5. The standard InChI is InChI=1S/C25H24F3N5O/c1-31(16-22-13-30-17-33(22)14-19-7-5-18(12-29)6-8-19)23-9-10-32(24(23)34)15-20-3-2-4-21(11-20)25(26,27)28/h2-8,11,13,17,23H,9-10,14-16H2,1H3. The quantitative estimate of drug-likeness (QED) is 0.526. The van der Waals surface area contributed by atoms with Crippen LogP contribution in [0.1, 0.15) is 34.4 Å². The van der Waals surface area contributed by atoms with Crippen LogP contribution in [0.4, 0.5) is 13.2 Å². The highest BCUT2D eigenvalue weighted by Gasteiger charge is 2.35. The number of carbonyl (C=O) groups excluding carboxylic acids is 1. The molecule has 2 aromatic carbocycles. The number of nitriles is 1. The lowest BCUT2D eigenvalue weighted by molar-refractivity contribution is -0.137. The van der Waals surface area contributed by atoms with E-state index < -0.39 is 11.7 Å². The zero-order valence-electron chi connectivity index (χ0n) is 18.7. The fourth-order valence-corrected chi connectivity index (χ4v) is 4.22. The number of benzene rings is 2. The Balaban J connectivity index is 1.38. The van der Waals surface area contributed by atoms with E-state index in [1.54, 1.807) is 35.6 Å². The van der Waals surface area contributed by atoms with Crippen molar-refractivity contribution < 1.29 is 18.0 Å². The lowest BCUT2D eigenvalue weighted by Crippen LogP contribution is -2.39. The van der Waals surface area contributed by atoms with Gasteiger partial charge >= 0.3 is 6.18 Å². The first-order chi connectivity index (χ1) is 16.2. The number of carbonyl (C=O) groups is 1. The molecule has 6 nitrogen and oxygen atoms in total. The molecule has 0 radical (unpaired) electrons. The molecule has 1 aliphatic heterocycles. The normalized spacial score (nSPS) is 16.3. The smallest absolute Gasteiger partial charge is 0.337 e. The third-order valence-corrected chi connectivity index (χ3v) is 6.07. The first-order valence-corrected chi connectivity index (χ1v) is 10.9. The van der Waals surface area contributed by atoms with Gasteiger partial charge in [0.15, 0.2) is 0 Å². The average molecular weight is 467 g/mol. The van der Waals surface area contributed by atoms with Crippen molar-refractivity contribution in [1.82, 2.24) is 19.4 Å². The summed E-state index contributed by atoms with van der Waals surface area (Å²) in [5.74, 6) is -0.0851. The Bertz CT molecular complexity index is 1200. The molecule has 176 valence electrons. The van der Waals surface area contributed by atoms with Crippen molar-refractivity contribution in [3.63, 3.8) is 0 Å². The lowest BCUT2D eigenvalue weighted by atomic mass is 10.1. The van der Waals surface area contributed by atoms with Crippen molar-refractivity contribution in [2.45, 2.75) is 38.3 Å². The number of hydrogen-bond donors (Lipinski definition) is 0. The summed E-state index contributed by atoms with van der Waals surface area (Å²) < 4.78 is 41.0. The van der Waals surface area contributed by atoms with Gasteiger partial charge in [-0.15, -0.1) is 0 Å². The summed E-state index contributed by atoms with van der Waals surface area (Å²) in [5.41, 5.74) is 2.33. The number of likely N-dealkylation sites (N-methyl/N-ethyl adjacent to an activating group) is 1. The molecular formula is C25H24F3N5O. The molecule has 4 rings (SSSR count). The number of nitrogens with zero attached hydrogens (tertiary/aromatic N) is 5. The molecule has 1 fully saturated rings. The van der Waals surface area contributed by atoms with E-state index in [0.29, 0.717) is 37.2 Å². The van der Waals surface area contributed by atoms with Gasteiger partial charge in [0.25, 0.3) is 0 Å². The number of aromatic nitrogens is 2. The van der Waals surface area contributed by atoms with E-state index in [0.717, 1.165) is 23.4 Å². The number of imidazole rings is 1. The van der Waals surface area contributed by atoms with Crippen molar-refractivity contribution in [2.75, 3.05) is 13.6 Å². The van der Waals surface area contributed by atoms with Crippen molar-refractivity contribution in [2.24, 2.45) is 0 Å². The highest BCUT2D eigenvalue weighted by Crippen LogP contribution is 2.30. The number of hydrogen-bond acceptors (Lipinski definition) is 4. The van der Waals surface area contributed by atoms with E-state index in [4.69, 9.17) is 5.26 Å². The van der Waals surface area contributed by atoms with Gasteiger partial charge in [0.2, 0.25) is 5.91 Å². The van der Waals surface area contributed by atoms with E-state index >= 15 is 0 Å². The molecule has 34 heavy (non-hydrogen) atoms. The Hall–Kier alpha value is -3.64. The Morgan fingerprint density at radius 3 is 2.62 bits per heavy atom. The predicted molar refractivity (Wildman–Crippen MR) is 119 cm³/mol. The van der Waals surface area contributed by atoms with Crippen molar-refractivity contribution in [3.05, 3.63) is 89.0 Å². The maximum absolute atomic E-state index is 13.0. The van der Waals surface area contributed by atoms with Crippen LogP contribution < -0.4 is 0 Å². The highest BCUT2D eigenvalue weighted by atomic mass is 19.4. The van der Waals surface area contributed by atoms with E-state index in [-0.39, 0.29) is 18.5 Å².